The molecule has 0 fully saturated rings. The predicted octanol–water partition coefficient (Wildman–Crippen LogP) is 2.49. The maximum atomic E-state index is 4.68. The number of oxime groups is 1. The first-order valence-corrected chi connectivity index (χ1v) is 5.13. The largest absolute Gasteiger partial charge is 0.399 e. The van der Waals surface area contributed by atoms with Crippen LogP contribution in [0.5, 0.6) is 0 Å². The Morgan fingerprint density at radius 3 is 3.09 bits per heavy atom. The minimum Gasteiger partial charge on any atom is -0.399 e. The summed E-state index contributed by atoms with van der Waals surface area (Å²) >= 11 is 4.98. The fourth-order valence-corrected chi connectivity index (χ4v) is 1.78. The van der Waals surface area contributed by atoms with Crippen molar-refractivity contribution in [1.82, 2.24) is 0 Å². The van der Waals surface area contributed by atoms with Crippen LogP contribution in [0.25, 0.3) is 0 Å². The second-order valence-electron chi connectivity index (χ2n) is 1.87. The molecule has 1 aromatic heterocycles. The highest BCUT2D eigenvalue weighted by Crippen LogP contribution is 2.09. The third kappa shape index (κ3) is 2.31. The number of rotatable bonds is 3. The lowest BCUT2D eigenvalue weighted by molar-refractivity contribution is 0.213. The van der Waals surface area contributed by atoms with E-state index in [1.807, 2.05) is 16.8 Å². The maximum absolute atomic E-state index is 4.68. The summed E-state index contributed by atoms with van der Waals surface area (Å²) in [5.41, 5.74) is 2.04. The van der Waals surface area contributed by atoms with Crippen molar-refractivity contribution in [2.45, 2.75) is 0 Å². The fourth-order valence-electron chi connectivity index (χ4n) is 0.693. The van der Waals surface area contributed by atoms with Crippen molar-refractivity contribution in [2.24, 2.45) is 5.16 Å². The van der Waals surface area contributed by atoms with Gasteiger partial charge in [0.2, 0.25) is 0 Å². The molecule has 0 N–H and O–H groups in total. The summed E-state index contributed by atoms with van der Waals surface area (Å²) in [5, 5.41) is 8.64. The normalized spacial score (nSPS) is 11.6. The molecule has 0 aromatic carbocycles. The molecule has 0 aliphatic heterocycles. The summed E-state index contributed by atoms with van der Waals surface area (Å²) in [6, 6.07) is 2.02. The molecule has 0 radical (unpaired) electrons. The summed E-state index contributed by atoms with van der Waals surface area (Å²) in [5.74, 6) is 0. The summed E-state index contributed by atoms with van der Waals surface area (Å²) in [4.78, 5) is 4.68. The van der Waals surface area contributed by atoms with Gasteiger partial charge < -0.3 is 4.84 Å². The SMILES string of the molecule is CO/N=C(\CBr)c1ccsc1. The van der Waals surface area contributed by atoms with E-state index >= 15 is 0 Å². The van der Waals surface area contributed by atoms with Crippen LogP contribution in [0, 0.1) is 0 Å². The van der Waals surface area contributed by atoms with Crippen LogP contribution in [0.4, 0.5) is 0 Å². The summed E-state index contributed by atoms with van der Waals surface area (Å²) < 4.78 is 0. The third-order valence-electron chi connectivity index (χ3n) is 1.18. The fraction of sp³-hybridized carbons (Fsp3) is 0.286. The Morgan fingerprint density at radius 1 is 1.82 bits per heavy atom. The average Bonchev–Trinajstić information content (AvgIpc) is 2.52. The number of nitrogens with zero attached hydrogens (tertiary/aromatic N) is 1. The van der Waals surface area contributed by atoms with Crippen molar-refractivity contribution in [1.29, 1.82) is 0 Å². The Labute approximate surface area is 78.0 Å². The Kier molecular flexibility index (Phi) is 3.59. The second kappa shape index (κ2) is 4.51. The summed E-state index contributed by atoms with van der Waals surface area (Å²) in [6.07, 6.45) is 0. The van der Waals surface area contributed by atoms with Crippen molar-refractivity contribution >= 4 is 33.0 Å². The van der Waals surface area contributed by atoms with E-state index in [0.29, 0.717) is 0 Å². The second-order valence-corrected chi connectivity index (χ2v) is 3.21. The minimum atomic E-state index is 0.720. The van der Waals surface area contributed by atoms with Crippen LogP contribution in [0.3, 0.4) is 0 Å². The van der Waals surface area contributed by atoms with Gasteiger partial charge in [0.25, 0.3) is 0 Å². The van der Waals surface area contributed by atoms with Gasteiger partial charge in [-0.05, 0) is 16.8 Å². The Morgan fingerprint density at radius 2 is 2.64 bits per heavy atom. The Balaban J connectivity index is 2.79. The first-order valence-electron chi connectivity index (χ1n) is 3.07. The molecule has 0 aliphatic carbocycles. The van der Waals surface area contributed by atoms with E-state index in [2.05, 4.69) is 25.9 Å². The lowest BCUT2D eigenvalue weighted by Gasteiger charge is -1.96. The molecule has 1 heterocycles. The van der Waals surface area contributed by atoms with Gasteiger partial charge in [0.1, 0.15) is 7.11 Å². The lowest BCUT2D eigenvalue weighted by atomic mass is 10.2. The van der Waals surface area contributed by atoms with E-state index in [0.717, 1.165) is 16.6 Å². The van der Waals surface area contributed by atoms with Crippen LogP contribution in [0.1, 0.15) is 5.56 Å². The van der Waals surface area contributed by atoms with Gasteiger partial charge in [-0.2, -0.15) is 11.3 Å². The number of hydrogen-bond acceptors (Lipinski definition) is 3. The van der Waals surface area contributed by atoms with Crippen LogP contribution < -0.4 is 0 Å². The number of hydrogen-bond donors (Lipinski definition) is 0. The molecule has 0 saturated carbocycles. The molecule has 11 heavy (non-hydrogen) atoms. The van der Waals surface area contributed by atoms with E-state index in [-0.39, 0.29) is 0 Å². The smallest absolute Gasteiger partial charge is 0.106 e. The first kappa shape index (κ1) is 8.74. The molecule has 0 aliphatic rings. The van der Waals surface area contributed by atoms with Gasteiger partial charge in [-0.1, -0.05) is 21.1 Å². The van der Waals surface area contributed by atoms with Gasteiger partial charge >= 0.3 is 0 Å². The van der Waals surface area contributed by atoms with E-state index in [4.69, 9.17) is 0 Å². The Hall–Kier alpha value is -0.350. The number of thiophene rings is 1. The first-order chi connectivity index (χ1) is 5.38. The Bertz CT molecular complexity index is 233. The molecular weight excluding hydrogens is 226 g/mol. The average molecular weight is 234 g/mol. The zero-order valence-electron chi connectivity index (χ0n) is 6.08. The van der Waals surface area contributed by atoms with Crippen molar-refractivity contribution in [3.8, 4) is 0 Å². The highest BCUT2D eigenvalue weighted by molar-refractivity contribution is 9.09. The van der Waals surface area contributed by atoms with Gasteiger partial charge in [0.05, 0.1) is 5.71 Å². The van der Waals surface area contributed by atoms with Crippen LogP contribution in [0.15, 0.2) is 22.0 Å². The van der Waals surface area contributed by atoms with E-state index < -0.39 is 0 Å². The van der Waals surface area contributed by atoms with Crippen molar-refractivity contribution in [3.05, 3.63) is 22.4 Å². The summed E-state index contributed by atoms with van der Waals surface area (Å²) in [6.45, 7) is 0. The van der Waals surface area contributed by atoms with Gasteiger partial charge in [-0.3, -0.25) is 0 Å². The predicted molar refractivity (Wildman–Crippen MR) is 51.7 cm³/mol. The highest BCUT2D eigenvalue weighted by atomic mass is 79.9. The van der Waals surface area contributed by atoms with E-state index in [1.54, 1.807) is 18.4 Å². The molecule has 0 unspecified atom stereocenters. The molecule has 0 saturated heterocycles. The molecular formula is C7H8BrNOS. The number of alkyl halides is 1. The maximum Gasteiger partial charge on any atom is 0.106 e. The molecule has 60 valence electrons. The van der Waals surface area contributed by atoms with Crippen LogP contribution in [-0.4, -0.2) is 18.2 Å². The zero-order valence-corrected chi connectivity index (χ0v) is 8.48. The molecule has 4 heteroatoms. The van der Waals surface area contributed by atoms with Gasteiger partial charge in [0, 0.05) is 10.9 Å². The number of halogens is 1. The van der Waals surface area contributed by atoms with Crippen LogP contribution >= 0.6 is 27.3 Å². The highest BCUT2D eigenvalue weighted by Gasteiger charge is 2.01. The zero-order chi connectivity index (χ0) is 8.10. The molecule has 0 amide bonds. The minimum absolute atomic E-state index is 0.720. The van der Waals surface area contributed by atoms with Gasteiger partial charge in [-0.25, -0.2) is 0 Å². The third-order valence-corrected chi connectivity index (χ3v) is 2.40. The monoisotopic (exact) mass is 233 g/mol. The van der Waals surface area contributed by atoms with Crippen LogP contribution in [-0.2, 0) is 4.84 Å². The topological polar surface area (TPSA) is 21.6 Å². The van der Waals surface area contributed by atoms with Crippen LogP contribution in [0.2, 0.25) is 0 Å². The standard InChI is InChI=1S/C7H8BrNOS/c1-10-9-7(4-8)6-2-3-11-5-6/h2-3,5H,4H2,1H3/b9-7+. The summed E-state index contributed by atoms with van der Waals surface area (Å²) in [7, 11) is 1.55. The van der Waals surface area contributed by atoms with Crippen molar-refractivity contribution in [2.75, 3.05) is 12.4 Å². The van der Waals surface area contributed by atoms with Crippen molar-refractivity contribution < 1.29 is 4.84 Å². The molecule has 0 atom stereocenters. The van der Waals surface area contributed by atoms with E-state index in [1.165, 1.54) is 0 Å². The lowest BCUT2D eigenvalue weighted by Crippen LogP contribution is -2.00. The van der Waals surface area contributed by atoms with Gasteiger partial charge in [-0.15, -0.1) is 0 Å². The molecule has 2 nitrogen and oxygen atoms in total. The molecule has 0 spiro atoms. The molecule has 1 aromatic rings. The molecule has 0 bridgehead atoms. The van der Waals surface area contributed by atoms with Gasteiger partial charge in [0.15, 0.2) is 0 Å². The van der Waals surface area contributed by atoms with Crippen molar-refractivity contribution in [3.63, 3.8) is 0 Å². The molecule has 1 rings (SSSR count). The van der Waals surface area contributed by atoms with E-state index in [9.17, 15) is 0 Å². The quantitative estimate of drug-likeness (QED) is 0.447.